The Kier molecular flexibility index (Phi) is 7.71. The second kappa shape index (κ2) is 10.5. The average Bonchev–Trinajstić information content (AvgIpc) is 2.80. The smallest absolute Gasteiger partial charge is 0.433 e. The third-order valence-electron chi connectivity index (χ3n) is 4.93. The number of hydrogen-bond donors (Lipinski definition) is 2. The molecule has 0 unspecified atom stereocenters. The highest BCUT2D eigenvalue weighted by Crippen LogP contribution is 2.35. The summed E-state index contributed by atoms with van der Waals surface area (Å²) in [5.41, 5.74) is 0.394. The predicted octanol–water partition coefficient (Wildman–Crippen LogP) is 5.89. The third kappa shape index (κ3) is 6.13. The summed E-state index contributed by atoms with van der Waals surface area (Å²) >= 11 is 0.971. The first kappa shape index (κ1) is 25.6. The molecule has 0 aliphatic heterocycles. The van der Waals surface area contributed by atoms with Crippen molar-refractivity contribution in [2.24, 2.45) is 0 Å². The van der Waals surface area contributed by atoms with Crippen LogP contribution in [-0.4, -0.2) is 28.1 Å². The Morgan fingerprint density at radius 3 is 2.57 bits per heavy atom. The highest BCUT2D eigenvalue weighted by molar-refractivity contribution is 7.98. The number of ketones is 1. The van der Waals surface area contributed by atoms with Crippen molar-refractivity contribution >= 4 is 23.6 Å². The summed E-state index contributed by atoms with van der Waals surface area (Å²) in [6.07, 6.45) is -1.89. The van der Waals surface area contributed by atoms with E-state index in [1.807, 2.05) is 6.07 Å². The minimum atomic E-state index is -4.64. The number of thioether (sulfide) groups is 1. The van der Waals surface area contributed by atoms with E-state index in [2.05, 4.69) is 4.98 Å². The number of rotatable bonds is 7. The lowest BCUT2D eigenvalue weighted by molar-refractivity contribution is -0.141. The summed E-state index contributed by atoms with van der Waals surface area (Å²) in [5.74, 6) is -0.398. The molecular formula is C25H19F3N2O4S. The van der Waals surface area contributed by atoms with Gasteiger partial charge in [-0.3, -0.25) is 4.79 Å². The van der Waals surface area contributed by atoms with Crippen LogP contribution in [0, 0.1) is 18.3 Å². The summed E-state index contributed by atoms with van der Waals surface area (Å²) in [6.45, 7) is 1.43. The van der Waals surface area contributed by atoms with E-state index in [-0.39, 0.29) is 39.0 Å². The molecule has 3 rings (SSSR count). The fraction of sp³-hybridized carbons (Fsp3) is 0.160. The number of benzene rings is 2. The van der Waals surface area contributed by atoms with Gasteiger partial charge in [-0.15, -0.1) is 11.8 Å². The van der Waals surface area contributed by atoms with Crippen LogP contribution in [0.4, 0.5) is 13.2 Å². The molecule has 0 aliphatic rings. The lowest BCUT2D eigenvalue weighted by Crippen LogP contribution is -2.10. The Morgan fingerprint density at radius 2 is 1.94 bits per heavy atom. The molecule has 180 valence electrons. The van der Waals surface area contributed by atoms with Crippen LogP contribution in [0.25, 0.3) is 6.08 Å². The fourth-order valence-corrected chi connectivity index (χ4v) is 4.21. The summed E-state index contributed by atoms with van der Waals surface area (Å²) < 4.78 is 44.9. The minimum absolute atomic E-state index is 0.0124. The number of hydrogen-bond acceptors (Lipinski definition) is 7. The monoisotopic (exact) mass is 500 g/mol. The van der Waals surface area contributed by atoms with Gasteiger partial charge in [0.25, 0.3) is 0 Å². The normalized spacial score (nSPS) is 11.4. The SMILES string of the molecule is COc1ccc(/C=C/C(=O)c2ccc(O)cc2O)cc1CSc1nc(C(F)(F)F)cc(C)c1C#N. The summed E-state index contributed by atoms with van der Waals surface area (Å²) in [5, 5.41) is 28.6. The van der Waals surface area contributed by atoms with Gasteiger partial charge in [-0.2, -0.15) is 18.4 Å². The lowest BCUT2D eigenvalue weighted by Gasteiger charge is -2.13. The second-order valence-electron chi connectivity index (χ2n) is 7.37. The first-order chi connectivity index (χ1) is 16.5. The van der Waals surface area contributed by atoms with Crippen molar-refractivity contribution in [2.75, 3.05) is 7.11 Å². The average molecular weight is 500 g/mol. The molecule has 0 saturated heterocycles. The Hall–Kier alpha value is -3.97. The third-order valence-corrected chi connectivity index (χ3v) is 5.95. The predicted molar refractivity (Wildman–Crippen MR) is 124 cm³/mol. The number of nitrogens with zero attached hydrogens (tertiary/aromatic N) is 2. The molecular weight excluding hydrogens is 481 g/mol. The number of phenolic OH excluding ortho intramolecular Hbond substituents is 2. The number of nitriles is 1. The molecule has 0 fully saturated rings. The zero-order chi connectivity index (χ0) is 25.8. The van der Waals surface area contributed by atoms with E-state index < -0.39 is 17.7 Å². The van der Waals surface area contributed by atoms with Crippen LogP contribution in [0.3, 0.4) is 0 Å². The zero-order valence-electron chi connectivity index (χ0n) is 18.6. The summed E-state index contributed by atoms with van der Waals surface area (Å²) in [4.78, 5) is 16.0. The van der Waals surface area contributed by atoms with E-state index in [1.54, 1.807) is 18.2 Å². The maximum Gasteiger partial charge on any atom is 0.433 e. The van der Waals surface area contributed by atoms with E-state index in [0.717, 1.165) is 23.9 Å². The molecule has 0 atom stereocenters. The van der Waals surface area contributed by atoms with E-state index >= 15 is 0 Å². The molecule has 0 saturated carbocycles. The number of methoxy groups -OCH3 is 1. The number of pyridine rings is 1. The lowest BCUT2D eigenvalue weighted by atomic mass is 10.1. The molecule has 1 heterocycles. The Bertz CT molecular complexity index is 1350. The van der Waals surface area contributed by atoms with Crippen molar-refractivity contribution in [1.29, 1.82) is 5.26 Å². The van der Waals surface area contributed by atoms with Crippen LogP contribution < -0.4 is 4.74 Å². The van der Waals surface area contributed by atoms with Gasteiger partial charge in [0.2, 0.25) is 0 Å². The van der Waals surface area contributed by atoms with Crippen LogP contribution in [0.2, 0.25) is 0 Å². The summed E-state index contributed by atoms with van der Waals surface area (Å²) in [6, 6.07) is 11.4. The van der Waals surface area contributed by atoms with Gasteiger partial charge in [0.15, 0.2) is 5.78 Å². The molecule has 0 radical (unpaired) electrons. The number of carbonyl (C=O) groups is 1. The van der Waals surface area contributed by atoms with Crippen LogP contribution in [-0.2, 0) is 11.9 Å². The van der Waals surface area contributed by atoms with Crippen LogP contribution in [0.1, 0.15) is 38.3 Å². The number of carbonyl (C=O) groups excluding carboxylic acids is 1. The number of ether oxygens (including phenoxy) is 1. The molecule has 2 N–H and O–H groups in total. The van der Waals surface area contributed by atoms with Crippen molar-refractivity contribution in [3.63, 3.8) is 0 Å². The molecule has 1 aromatic heterocycles. The molecule has 6 nitrogen and oxygen atoms in total. The topological polar surface area (TPSA) is 103 Å². The van der Waals surface area contributed by atoms with Crippen molar-refractivity contribution in [1.82, 2.24) is 4.98 Å². The standard InChI is InChI=1S/C25H19F3N2O4S/c1-14-9-23(25(26,27)28)30-24(19(14)12-29)35-13-16-10-15(4-8-22(16)34-2)3-7-20(32)18-6-5-17(31)11-21(18)33/h3-11,31,33H,13H2,1-2H3/b7-3+. The van der Waals surface area contributed by atoms with Crippen LogP contribution in [0.5, 0.6) is 17.2 Å². The van der Waals surface area contributed by atoms with Gasteiger partial charge in [0.1, 0.15) is 34.0 Å². The van der Waals surface area contributed by atoms with Crippen molar-refractivity contribution in [3.8, 4) is 23.3 Å². The van der Waals surface area contributed by atoms with Crippen LogP contribution in [0.15, 0.2) is 53.6 Å². The van der Waals surface area contributed by atoms with Gasteiger partial charge in [0.05, 0.1) is 18.2 Å². The molecule has 10 heteroatoms. The molecule has 0 aliphatic carbocycles. The fourth-order valence-electron chi connectivity index (χ4n) is 3.18. The number of allylic oxidation sites excluding steroid dienone is 1. The van der Waals surface area contributed by atoms with Gasteiger partial charge in [-0.1, -0.05) is 12.1 Å². The number of phenols is 2. The van der Waals surface area contributed by atoms with Gasteiger partial charge in [-0.25, -0.2) is 4.98 Å². The van der Waals surface area contributed by atoms with Crippen molar-refractivity contribution < 1.29 is 32.9 Å². The number of aromatic hydroxyl groups is 2. The van der Waals surface area contributed by atoms with Crippen molar-refractivity contribution in [2.45, 2.75) is 23.9 Å². The van der Waals surface area contributed by atoms with Gasteiger partial charge in [0, 0.05) is 17.4 Å². The minimum Gasteiger partial charge on any atom is -0.508 e. The van der Waals surface area contributed by atoms with Gasteiger partial charge >= 0.3 is 6.18 Å². The number of aryl methyl sites for hydroxylation is 1. The zero-order valence-corrected chi connectivity index (χ0v) is 19.4. The van der Waals surface area contributed by atoms with E-state index in [0.29, 0.717) is 16.9 Å². The van der Waals surface area contributed by atoms with Gasteiger partial charge < -0.3 is 14.9 Å². The number of alkyl halides is 3. The van der Waals surface area contributed by atoms with E-state index in [4.69, 9.17) is 4.74 Å². The maximum atomic E-state index is 13.2. The quantitative estimate of drug-likeness (QED) is 0.237. The Morgan fingerprint density at radius 1 is 1.20 bits per heavy atom. The second-order valence-corrected chi connectivity index (χ2v) is 8.34. The molecule has 0 spiro atoms. The van der Waals surface area contributed by atoms with Crippen molar-refractivity contribution in [3.05, 3.63) is 82.1 Å². The highest BCUT2D eigenvalue weighted by atomic mass is 32.2. The van der Waals surface area contributed by atoms with Gasteiger partial charge in [-0.05, 0) is 54.5 Å². The van der Waals surface area contributed by atoms with Crippen LogP contribution >= 0.6 is 11.8 Å². The highest BCUT2D eigenvalue weighted by Gasteiger charge is 2.34. The molecule has 35 heavy (non-hydrogen) atoms. The molecule has 0 bridgehead atoms. The first-order valence-corrected chi connectivity index (χ1v) is 11.0. The van der Waals surface area contributed by atoms with E-state index in [9.17, 15) is 33.4 Å². The maximum absolute atomic E-state index is 13.2. The first-order valence-electron chi connectivity index (χ1n) is 10.1. The molecule has 3 aromatic rings. The molecule has 0 amide bonds. The number of aromatic nitrogens is 1. The van der Waals surface area contributed by atoms with E-state index in [1.165, 1.54) is 38.3 Å². The molecule has 2 aromatic carbocycles. The number of halogens is 3. The Labute approximate surface area is 203 Å². The largest absolute Gasteiger partial charge is 0.508 e. The summed E-state index contributed by atoms with van der Waals surface area (Å²) in [7, 11) is 1.45. The Balaban J connectivity index is 1.86.